The minimum atomic E-state index is -0.0258. The number of hydrogen-bond donors (Lipinski definition) is 0. The smallest absolute Gasteiger partial charge is 0.152 e. The van der Waals surface area contributed by atoms with E-state index in [1.165, 1.54) is 0 Å². The lowest BCUT2D eigenvalue weighted by atomic mass is 9.59. The highest BCUT2D eigenvalue weighted by atomic mass is 16.6. The molecule has 2 fully saturated rings. The van der Waals surface area contributed by atoms with Crippen molar-refractivity contribution < 1.29 is 9.53 Å². The number of fused-ring (bicyclic) bond motifs is 1. The normalized spacial score (nSPS) is 45.4. The van der Waals surface area contributed by atoms with E-state index in [0.29, 0.717) is 17.9 Å². The van der Waals surface area contributed by atoms with Gasteiger partial charge in [0.2, 0.25) is 0 Å². The molecule has 0 spiro atoms. The Hall–Kier alpha value is -0.630. The number of rotatable bonds is 2. The van der Waals surface area contributed by atoms with Crippen LogP contribution in [-0.4, -0.2) is 17.5 Å². The van der Waals surface area contributed by atoms with E-state index < -0.39 is 0 Å². The summed E-state index contributed by atoms with van der Waals surface area (Å²) < 4.78 is 5.85. The zero-order valence-corrected chi connectivity index (χ0v) is 10.9. The Balaban J connectivity index is 2.27. The predicted molar refractivity (Wildman–Crippen MR) is 64.2 cm³/mol. The second-order valence-corrected chi connectivity index (χ2v) is 6.20. The molecule has 0 aromatic rings. The zero-order chi connectivity index (χ0) is 12.1. The van der Waals surface area contributed by atoms with E-state index >= 15 is 0 Å². The maximum atomic E-state index is 11.1. The summed E-state index contributed by atoms with van der Waals surface area (Å²) in [6, 6.07) is 0. The van der Waals surface area contributed by atoms with Crippen LogP contribution in [0.1, 0.15) is 41.0 Å². The van der Waals surface area contributed by atoms with Gasteiger partial charge in [-0.15, -0.1) is 0 Å². The minimum Gasteiger partial charge on any atom is -0.366 e. The molecular formula is C14H22O2. The van der Waals surface area contributed by atoms with E-state index in [1.807, 2.05) is 0 Å². The van der Waals surface area contributed by atoms with Crippen molar-refractivity contribution in [1.82, 2.24) is 0 Å². The summed E-state index contributed by atoms with van der Waals surface area (Å²) in [5.41, 5.74) is 0.176. The third kappa shape index (κ3) is 1.64. The summed E-state index contributed by atoms with van der Waals surface area (Å²) in [6.07, 6.45) is 5.32. The van der Waals surface area contributed by atoms with Gasteiger partial charge in [-0.1, -0.05) is 26.8 Å². The van der Waals surface area contributed by atoms with Crippen LogP contribution < -0.4 is 0 Å². The van der Waals surface area contributed by atoms with E-state index in [2.05, 4.69) is 33.8 Å². The van der Waals surface area contributed by atoms with Crippen molar-refractivity contribution in [2.24, 2.45) is 17.3 Å². The molecule has 1 aliphatic carbocycles. The summed E-state index contributed by atoms with van der Waals surface area (Å²) in [5, 5.41) is 0. The van der Waals surface area contributed by atoms with Gasteiger partial charge in [0.25, 0.3) is 0 Å². The number of hydrogen-bond acceptors (Lipinski definition) is 2. The van der Waals surface area contributed by atoms with Crippen LogP contribution in [0.15, 0.2) is 12.2 Å². The Kier molecular flexibility index (Phi) is 2.54. The molecule has 0 aromatic heterocycles. The SMILES string of the molecule is CC(=O)/C=C/[C@@H]1C(C)(C)[C@H](C)C[C@@H]2O[C@@]21C. The fourth-order valence-corrected chi connectivity index (χ4v) is 3.17. The van der Waals surface area contributed by atoms with Crippen molar-refractivity contribution in [2.75, 3.05) is 0 Å². The highest BCUT2D eigenvalue weighted by molar-refractivity contribution is 5.87. The first-order valence-corrected chi connectivity index (χ1v) is 6.15. The largest absolute Gasteiger partial charge is 0.366 e. The molecule has 4 atom stereocenters. The molecule has 2 rings (SSSR count). The van der Waals surface area contributed by atoms with E-state index in [9.17, 15) is 4.79 Å². The lowest BCUT2D eigenvalue weighted by Gasteiger charge is -2.43. The number of epoxide rings is 1. The van der Waals surface area contributed by atoms with Crippen LogP contribution in [-0.2, 0) is 9.53 Å². The number of ketones is 1. The summed E-state index contributed by atoms with van der Waals surface area (Å²) >= 11 is 0. The topological polar surface area (TPSA) is 29.6 Å². The molecule has 0 radical (unpaired) electrons. The molecule has 0 bridgehead atoms. The van der Waals surface area contributed by atoms with Gasteiger partial charge in [-0.05, 0) is 37.7 Å². The Morgan fingerprint density at radius 1 is 1.38 bits per heavy atom. The second kappa shape index (κ2) is 3.43. The van der Waals surface area contributed by atoms with Gasteiger partial charge in [0, 0.05) is 5.92 Å². The molecule has 0 amide bonds. The maximum absolute atomic E-state index is 11.1. The molecule has 2 nitrogen and oxygen atoms in total. The monoisotopic (exact) mass is 222 g/mol. The molecule has 90 valence electrons. The summed E-state index contributed by atoms with van der Waals surface area (Å²) in [6.45, 7) is 10.6. The molecule has 16 heavy (non-hydrogen) atoms. The van der Waals surface area contributed by atoms with Gasteiger partial charge in [-0.25, -0.2) is 0 Å². The maximum Gasteiger partial charge on any atom is 0.152 e. The molecule has 1 heterocycles. The molecule has 1 saturated carbocycles. The van der Waals surface area contributed by atoms with E-state index in [1.54, 1.807) is 13.0 Å². The first-order valence-electron chi connectivity index (χ1n) is 6.15. The molecule has 0 aromatic carbocycles. The summed E-state index contributed by atoms with van der Waals surface area (Å²) in [7, 11) is 0. The number of allylic oxidation sites excluding steroid dienone is 1. The van der Waals surface area contributed by atoms with Crippen molar-refractivity contribution in [3.8, 4) is 0 Å². The lowest BCUT2D eigenvalue weighted by molar-refractivity contribution is -0.112. The Bertz CT molecular complexity index is 343. The number of ether oxygens (including phenoxy) is 1. The minimum absolute atomic E-state index is 0.0258. The zero-order valence-electron chi connectivity index (χ0n) is 10.9. The predicted octanol–water partition coefficient (Wildman–Crippen LogP) is 2.97. The molecule has 1 aliphatic heterocycles. The molecule has 2 aliphatic rings. The average Bonchev–Trinajstić information content (AvgIpc) is 2.75. The van der Waals surface area contributed by atoms with E-state index in [-0.39, 0.29) is 16.8 Å². The fourth-order valence-electron chi connectivity index (χ4n) is 3.17. The van der Waals surface area contributed by atoms with Gasteiger partial charge in [0.05, 0.1) is 11.7 Å². The van der Waals surface area contributed by atoms with Gasteiger partial charge < -0.3 is 4.74 Å². The van der Waals surface area contributed by atoms with Crippen molar-refractivity contribution in [3.63, 3.8) is 0 Å². The lowest BCUT2D eigenvalue weighted by Crippen LogP contribution is -2.44. The van der Waals surface area contributed by atoms with Crippen molar-refractivity contribution in [3.05, 3.63) is 12.2 Å². The van der Waals surface area contributed by atoms with Gasteiger partial charge in [0.1, 0.15) is 0 Å². The highest BCUT2D eigenvalue weighted by Gasteiger charge is 2.65. The Morgan fingerprint density at radius 2 is 2.00 bits per heavy atom. The first kappa shape index (κ1) is 11.8. The second-order valence-electron chi connectivity index (χ2n) is 6.20. The van der Waals surface area contributed by atoms with Crippen molar-refractivity contribution >= 4 is 5.78 Å². The average molecular weight is 222 g/mol. The summed E-state index contributed by atoms with van der Waals surface area (Å²) in [5.74, 6) is 1.10. The van der Waals surface area contributed by atoms with Crippen LogP contribution in [0, 0.1) is 17.3 Å². The third-order valence-corrected chi connectivity index (χ3v) is 4.76. The van der Waals surface area contributed by atoms with Crippen LogP contribution in [0.3, 0.4) is 0 Å². The molecular weight excluding hydrogens is 200 g/mol. The van der Waals surface area contributed by atoms with Crippen LogP contribution in [0.4, 0.5) is 0 Å². The standard InChI is InChI=1S/C14H22O2/c1-9-8-12-14(5,16-12)11(13(9,3)4)7-6-10(2)15/h6-7,9,11-12H,8H2,1-5H3/b7-6+/t9-,11-,12+,14-/m1/s1. The van der Waals surface area contributed by atoms with E-state index in [0.717, 1.165) is 6.42 Å². The Labute approximate surface area is 98.1 Å². The third-order valence-electron chi connectivity index (χ3n) is 4.76. The quantitative estimate of drug-likeness (QED) is 0.531. The van der Waals surface area contributed by atoms with Crippen molar-refractivity contribution in [1.29, 1.82) is 0 Å². The van der Waals surface area contributed by atoms with Crippen LogP contribution >= 0.6 is 0 Å². The van der Waals surface area contributed by atoms with Gasteiger partial charge in [-0.3, -0.25) is 4.79 Å². The summed E-state index contributed by atoms with van der Waals surface area (Å²) in [4.78, 5) is 11.1. The number of carbonyl (C=O) groups is 1. The first-order chi connectivity index (χ1) is 7.28. The van der Waals surface area contributed by atoms with Gasteiger partial charge >= 0.3 is 0 Å². The van der Waals surface area contributed by atoms with Crippen LogP contribution in [0.5, 0.6) is 0 Å². The number of carbonyl (C=O) groups excluding carboxylic acids is 1. The molecule has 2 heteroatoms. The molecule has 1 saturated heterocycles. The van der Waals surface area contributed by atoms with E-state index in [4.69, 9.17) is 4.74 Å². The Morgan fingerprint density at radius 3 is 2.56 bits per heavy atom. The van der Waals surface area contributed by atoms with Crippen LogP contribution in [0.2, 0.25) is 0 Å². The molecule has 0 unspecified atom stereocenters. The highest BCUT2D eigenvalue weighted by Crippen LogP contribution is 2.60. The van der Waals surface area contributed by atoms with Crippen molar-refractivity contribution in [2.45, 2.75) is 52.7 Å². The van der Waals surface area contributed by atoms with Gasteiger partial charge in [-0.2, -0.15) is 0 Å². The van der Waals surface area contributed by atoms with Gasteiger partial charge in [0.15, 0.2) is 5.78 Å². The molecule has 0 N–H and O–H groups in total. The fraction of sp³-hybridized carbons (Fsp3) is 0.786. The van der Waals surface area contributed by atoms with Crippen LogP contribution in [0.25, 0.3) is 0 Å².